The zero-order valence-electron chi connectivity index (χ0n) is 28.8. The van der Waals surface area contributed by atoms with Crippen molar-refractivity contribution in [1.29, 1.82) is 0 Å². The first-order valence-corrected chi connectivity index (χ1v) is 17.9. The van der Waals surface area contributed by atoms with Crippen LogP contribution in [0, 0.1) is 0 Å². The van der Waals surface area contributed by atoms with Crippen LogP contribution < -0.4 is 0 Å². The van der Waals surface area contributed by atoms with Gasteiger partial charge < -0.3 is 0 Å². The van der Waals surface area contributed by atoms with Crippen LogP contribution in [-0.2, 0) is 0 Å². The molecule has 8 aromatic carbocycles. The van der Waals surface area contributed by atoms with Crippen molar-refractivity contribution in [3.05, 3.63) is 194 Å². The molecule has 0 aliphatic carbocycles. The summed E-state index contributed by atoms with van der Waals surface area (Å²) >= 11 is 0. The fourth-order valence-corrected chi connectivity index (χ4v) is 7.65. The Morgan fingerprint density at radius 1 is 0.321 bits per heavy atom. The standard InChI is InChI=1S/C49H32N4/c1-3-11-35(12-4-1)39-23-24-41(44-17-8-7-15-42(39)44)37-31-47(46-26-25-40(36-13-5-2-6-14-36)43-16-9-10-18-45(43)46)49-48(32-37)51-53(52-49)38-21-19-33(20-22-38)34-27-29-50-30-28-34/h1-32H. The van der Waals surface area contributed by atoms with Gasteiger partial charge in [0.1, 0.15) is 11.0 Å². The maximum absolute atomic E-state index is 5.20. The van der Waals surface area contributed by atoms with Gasteiger partial charge in [0, 0.05) is 18.0 Å². The smallest absolute Gasteiger partial charge is 0.121 e. The maximum Gasteiger partial charge on any atom is 0.121 e. The van der Waals surface area contributed by atoms with Crippen LogP contribution in [0.15, 0.2) is 194 Å². The minimum absolute atomic E-state index is 0.836. The summed E-state index contributed by atoms with van der Waals surface area (Å²) in [5.41, 5.74) is 14.1. The van der Waals surface area contributed by atoms with E-state index in [0.717, 1.165) is 50.1 Å². The predicted molar refractivity (Wildman–Crippen MR) is 219 cm³/mol. The van der Waals surface area contributed by atoms with Gasteiger partial charge in [-0.1, -0.05) is 146 Å². The molecule has 0 saturated heterocycles. The Morgan fingerprint density at radius 2 is 0.792 bits per heavy atom. The monoisotopic (exact) mass is 676 g/mol. The average Bonchev–Trinajstić information content (AvgIpc) is 3.68. The number of benzene rings is 8. The molecule has 53 heavy (non-hydrogen) atoms. The van der Waals surface area contributed by atoms with E-state index in [-0.39, 0.29) is 0 Å². The predicted octanol–water partition coefficient (Wildman–Crippen LogP) is 12.5. The summed E-state index contributed by atoms with van der Waals surface area (Å²) in [6.45, 7) is 0. The second-order valence-corrected chi connectivity index (χ2v) is 13.3. The Bertz CT molecular complexity index is 2910. The maximum atomic E-state index is 5.20. The van der Waals surface area contributed by atoms with Crippen molar-refractivity contribution in [2.45, 2.75) is 0 Å². The van der Waals surface area contributed by atoms with E-state index < -0.39 is 0 Å². The van der Waals surface area contributed by atoms with E-state index >= 15 is 0 Å². The van der Waals surface area contributed by atoms with Crippen molar-refractivity contribution in [2.24, 2.45) is 0 Å². The molecule has 0 atom stereocenters. The van der Waals surface area contributed by atoms with Crippen molar-refractivity contribution in [2.75, 3.05) is 0 Å². The molecule has 4 nitrogen and oxygen atoms in total. The van der Waals surface area contributed by atoms with E-state index in [1.54, 1.807) is 4.80 Å². The van der Waals surface area contributed by atoms with E-state index in [2.05, 4.69) is 175 Å². The van der Waals surface area contributed by atoms with Gasteiger partial charge in [-0.15, -0.1) is 10.2 Å². The van der Waals surface area contributed by atoms with Crippen LogP contribution in [0.1, 0.15) is 0 Å². The van der Waals surface area contributed by atoms with E-state index in [1.807, 2.05) is 24.5 Å². The average molecular weight is 677 g/mol. The molecule has 0 aliphatic heterocycles. The molecule has 10 rings (SSSR count). The zero-order chi connectivity index (χ0) is 35.1. The van der Waals surface area contributed by atoms with Crippen molar-refractivity contribution < 1.29 is 0 Å². The van der Waals surface area contributed by atoms with Gasteiger partial charge in [0.25, 0.3) is 0 Å². The van der Waals surface area contributed by atoms with Crippen LogP contribution in [0.5, 0.6) is 0 Å². The molecule has 0 spiro atoms. The molecule has 0 saturated carbocycles. The summed E-state index contributed by atoms with van der Waals surface area (Å²) in [6.07, 6.45) is 3.64. The fourth-order valence-electron chi connectivity index (χ4n) is 7.65. The number of fused-ring (bicyclic) bond motifs is 3. The second-order valence-electron chi connectivity index (χ2n) is 13.3. The van der Waals surface area contributed by atoms with Crippen LogP contribution in [0.3, 0.4) is 0 Å². The highest BCUT2D eigenvalue weighted by Crippen LogP contribution is 2.42. The van der Waals surface area contributed by atoms with Crippen LogP contribution in [0.4, 0.5) is 0 Å². The lowest BCUT2D eigenvalue weighted by Crippen LogP contribution is -1.98. The first kappa shape index (κ1) is 30.6. The van der Waals surface area contributed by atoms with Gasteiger partial charge in [0.15, 0.2) is 0 Å². The van der Waals surface area contributed by atoms with Crippen molar-refractivity contribution in [3.8, 4) is 61.3 Å². The van der Waals surface area contributed by atoms with Gasteiger partial charge in [-0.2, -0.15) is 4.80 Å². The minimum Gasteiger partial charge on any atom is -0.265 e. The number of pyridine rings is 1. The Kier molecular flexibility index (Phi) is 7.43. The van der Waals surface area contributed by atoms with Gasteiger partial charge in [0.2, 0.25) is 0 Å². The lowest BCUT2D eigenvalue weighted by atomic mass is 9.88. The molecule has 10 aromatic rings. The number of hydrogen-bond acceptors (Lipinski definition) is 3. The van der Waals surface area contributed by atoms with Gasteiger partial charge in [-0.05, 0) is 108 Å². The third-order valence-electron chi connectivity index (χ3n) is 10.2. The Hall–Kier alpha value is -7.17. The summed E-state index contributed by atoms with van der Waals surface area (Å²) in [4.78, 5) is 5.94. The SMILES string of the molecule is c1ccc(-c2ccc(-c3cc(-c4ccc(-c5ccccc5)c5ccccc45)c4nn(-c5ccc(-c6ccncc6)cc5)nc4c3)c3ccccc23)cc1. The van der Waals surface area contributed by atoms with Gasteiger partial charge in [-0.3, -0.25) is 4.98 Å². The minimum atomic E-state index is 0.836. The fraction of sp³-hybridized carbons (Fsp3) is 0. The molecule has 2 heterocycles. The van der Waals surface area contributed by atoms with E-state index in [9.17, 15) is 0 Å². The van der Waals surface area contributed by atoms with Crippen molar-refractivity contribution >= 4 is 32.6 Å². The third-order valence-corrected chi connectivity index (χ3v) is 10.2. The van der Waals surface area contributed by atoms with Gasteiger partial charge in [-0.25, -0.2) is 0 Å². The summed E-state index contributed by atoms with van der Waals surface area (Å²) in [7, 11) is 0. The Balaban J connectivity index is 1.20. The van der Waals surface area contributed by atoms with Gasteiger partial charge in [0.05, 0.1) is 5.69 Å². The molecule has 0 fully saturated rings. The van der Waals surface area contributed by atoms with Crippen LogP contribution in [-0.4, -0.2) is 20.0 Å². The number of nitrogens with zero attached hydrogens (tertiary/aromatic N) is 4. The normalized spacial score (nSPS) is 11.4. The first-order chi connectivity index (χ1) is 26.3. The molecule has 248 valence electrons. The highest BCUT2D eigenvalue weighted by molar-refractivity contribution is 6.11. The number of aromatic nitrogens is 4. The summed E-state index contributed by atoms with van der Waals surface area (Å²) in [5, 5.41) is 15.1. The molecule has 0 aliphatic rings. The molecule has 2 aromatic heterocycles. The summed E-state index contributed by atoms with van der Waals surface area (Å²) < 4.78 is 0. The molecule has 0 N–H and O–H groups in total. The van der Waals surface area contributed by atoms with Crippen molar-refractivity contribution in [1.82, 2.24) is 20.0 Å². The lowest BCUT2D eigenvalue weighted by Gasteiger charge is -2.15. The molecule has 0 amide bonds. The molecular formula is C49H32N4. The summed E-state index contributed by atoms with van der Waals surface area (Å²) in [6, 6.07) is 64.6. The van der Waals surface area contributed by atoms with E-state index in [1.165, 1.54) is 43.8 Å². The molecular weight excluding hydrogens is 645 g/mol. The second kappa shape index (κ2) is 12.9. The van der Waals surface area contributed by atoms with E-state index in [4.69, 9.17) is 10.2 Å². The largest absolute Gasteiger partial charge is 0.265 e. The molecule has 4 heteroatoms. The quantitative estimate of drug-likeness (QED) is 0.176. The highest BCUT2D eigenvalue weighted by Gasteiger charge is 2.19. The highest BCUT2D eigenvalue weighted by atomic mass is 15.5. The topological polar surface area (TPSA) is 43.6 Å². The van der Waals surface area contributed by atoms with Crippen LogP contribution >= 0.6 is 0 Å². The first-order valence-electron chi connectivity index (χ1n) is 17.9. The molecule has 0 bridgehead atoms. The van der Waals surface area contributed by atoms with Gasteiger partial charge >= 0.3 is 0 Å². The summed E-state index contributed by atoms with van der Waals surface area (Å²) in [5.74, 6) is 0. The molecule has 0 unspecified atom stereocenters. The third kappa shape index (κ3) is 5.45. The molecule has 0 radical (unpaired) electrons. The van der Waals surface area contributed by atoms with Crippen LogP contribution in [0.25, 0.3) is 93.9 Å². The number of rotatable bonds is 6. The van der Waals surface area contributed by atoms with E-state index in [0.29, 0.717) is 0 Å². The Morgan fingerprint density at radius 3 is 1.36 bits per heavy atom. The Labute approximate surface area is 307 Å². The zero-order valence-corrected chi connectivity index (χ0v) is 28.8. The lowest BCUT2D eigenvalue weighted by molar-refractivity contribution is 0.766. The number of hydrogen-bond donors (Lipinski definition) is 0. The van der Waals surface area contributed by atoms with Crippen molar-refractivity contribution in [3.63, 3.8) is 0 Å². The van der Waals surface area contributed by atoms with Crippen LogP contribution in [0.2, 0.25) is 0 Å².